The summed E-state index contributed by atoms with van der Waals surface area (Å²) in [5.41, 5.74) is 8.41. The van der Waals surface area contributed by atoms with Crippen LogP contribution in [0.2, 0.25) is 5.02 Å². The number of rotatable bonds is 3. The van der Waals surface area contributed by atoms with Crippen molar-refractivity contribution in [3.8, 4) is 0 Å². The number of aromatic nitrogens is 1. The normalized spacial score (nSPS) is 17.8. The van der Waals surface area contributed by atoms with E-state index in [1.807, 2.05) is 0 Å². The molecule has 2 aromatic rings. The van der Waals surface area contributed by atoms with Gasteiger partial charge in [-0.3, -0.25) is 4.79 Å². The van der Waals surface area contributed by atoms with E-state index in [1.165, 1.54) is 11.8 Å². The van der Waals surface area contributed by atoms with Crippen LogP contribution in [0.3, 0.4) is 0 Å². The van der Waals surface area contributed by atoms with Gasteiger partial charge in [-0.1, -0.05) is 42.8 Å². The lowest BCUT2D eigenvalue weighted by Gasteiger charge is -2.33. The van der Waals surface area contributed by atoms with Crippen LogP contribution in [0.1, 0.15) is 34.5 Å². The molecule has 0 spiro atoms. The largest absolute Gasteiger partial charge is 0.382 e. The predicted molar refractivity (Wildman–Crippen MR) is 94.1 cm³/mol. The zero-order chi connectivity index (χ0) is 17.1. The Labute approximate surface area is 146 Å². The fourth-order valence-corrected chi connectivity index (χ4v) is 2.92. The van der Waals surface area contributed by atoms with Gasteiger partial charge in [-0.25, -0.2) is 4.98 Å². The third-order valence-electron chi connectivity index (χ3n) is 4.23. The highest BCUT2D eigenvalue weighted by molar-refractivity contribution is 6.33. The van der Waals surface area contributed by atoms with Crippen molar-refractivity contribution in [2.45, 2.75) is 19.4 Å². The number of hydrogen-bond acceptors (Lipinski definition) is 4. The molecule has 1 aliphatic heterocycles. The number of nitrogen functional groups attached to an aromatic ring is 1. The van der Waals surface area contributed by atoms with Crippen LogP contribution in [0.25, 0.3) is 0 Å². The molecule has 1 atom stereocenters. The summed E-state index contributed by atoms with van der Waals surface area (Å²) < 4.78 is 5.84. The molecular weight excluding hydrogens is 326 g/mol. The van der Waals surface area contributed by atoms with Gasteiger partial charge in [-0.2, -0.15) is 0 Å². The summed E-state index contributed by atoms with van der Waals surface area (Å²) in [6.07, 6.45) is 2.34. The van der Waals surface area contributed by atoms with Crippen molar-refractivity contribution in [2.75, 3.05) is 25.4 Å². The lowest BCUT2D eigenvalue weighted by Crippen LogP contribution is -2.42. The first-order chi connectivity index (χ1) is 11.6. The first-order valence-corrected chi connectivity index (χ1v) is 8.37. The number of amides is 1. The molecule has 2 heterocycles. The summed E-state index contributed by atoms with van der Waals surface area (Å²) in [6, 6.07) is 9.90. The summed E-state index contributed by atoms with van der Waals surface area (Å²) in [5, 5.41) is 0.292. The van der Waals surface area contributed by atoms with E-state index in [9.17, 15) is 4.79 Å². The minimum absolute atomic E-state index is 0.108. The standard InChI is InChI=1S/C18H20ClN3O2/c1-2-12-3-5-13(6-4-12)16-11-22(7-8-24-16)18(23)14-9-15(19)17(20)21-10-14/h3-6,9-10,16H,2,7-8,11H2,1H3,(H2,20,21). The van der Waals surface area contributed by atoms with Gasteiger partial charge in [0.2, 0.25) is 0 Å². The number of carbonyl (C=O) groups is 1. The molecule has 1 aromatic carbocycles. The molecule has 1 fully saturated rings. The Morgan fingerprint density at radius 1 is 1.42 bits per heavy atom. The number of carbonyl (C=O) groups excluding carboxylic acids is 1. The lowest BCUT2D eigenvalue weighted by molar-refractivity contribution is -0.0228. The van der Waals surface area contributed by atoms with Crippen LogP contribution < -0.4 is 5.73 Å². The molecule has 3 rings (SSSR count). The SMILES string of the molecule is CCc1ccc(C2CN(C(=O)c3cnc(N)c(Cl)c3)CCO2)cc1. The van der Waals surface area contributed by atoms with Gasteiger partial charge in [0.25, 0.3) is 5.91 Å². The van der Waals surface area contributed by atoms with Crippen LogP contribution in [-0.2, 0) is 11.2 Å². The van der Waals surface area contributed by atoms with Gasteiger partial charge in [0.05, 0.1) is 23.7 Å². The molecule has 2 N–H and O–H groups in total. The first-order valence-electron chi connectivity index (χ1n) is 7.99. The number of anilines is 1. The summed E-state index contributed by atoms with van der Waals surface area (Å²) in [7, 11) is 0. The maximum atomic E-state index is 12.7. The van der Waals surface area contributed by atoms with Crippen LogP contribution in [0.5, 0.6) is 0 Å². The van der Waals surface area contributed by atoms with Crippen molar-refractivity contribution in [1.29, 1.82) is 0 Å². The maximum Gasteiger partial charge on any atom is 0.255 e. The highest BCUT2D eigenvalue weighted by Gasteiger charge is 2.26. The van der Waals surface area contributed by atoms with Crippen molar-refractivity contribution in [1.82, 2.24) is 9.88 Å². The second-order valence-corrected chi connectivity index (χ2v) is 6.20. The van der Waals surface area contributed by atoms with Gasteiger partial charge in [-0.15, -0.1) is 0 Å². The monoisotopic (exact) mass is 345 g/mol. The van der Waals surface area contributed by atoms with E-state index in [4.69, 9.17) is 22.1 Å². The number of morpholine rings is 1. The smallest absolute Gasteiger partial charge is 0.255 e. The molecule has 5 nitrogen and oxygen atoms in total. The second kappa shape index (κ2) is 7.20. The fraction of sp³-hybridized carbons (Fsp3) is 0.333. The quantitative estimate of drug-likeness (QED) is 0.928. The molecule has 6 heteroatoms. The third kappa shape index (κ3) is 3.52. The van der Waals surface area contributed by atoms with E-state index in [1.54, 1.807) is 11.0 Å². The number of hydrogen-bond donors (Lipinski definition) is 1. The number of benzene rings is 1. The van der Waals surface area contributed by atoms with Crippen LogP contribution >= 0.6 is 11.6 Å². The molecule has 1 aliphatic rings. The number of pyridine rings is 1. The van der Waals surface area contributed by atoms with Gasteiger partial charge in [0, 0.05) is 12.7 Å². The lowest BCUT2D eigenvalue weighted by atomic mass is 10.0. The molecular formula is C18H20ClN3O2. The molecule has 1 saturated heterocycles. The number of nitrogens with zero attached hydrogens (tertiary/aromatic N) is 2. The Hall–Kier alpha value is -2.11. The number of halogens is 1. The van der Waals surface area contributed by atoms with Crippen molar-refractivity contribution in [2.24, 2.45) is 0 Å². The van der Waals surface area contributed by atoms with Crippen molar-refractivity contribution < 1.29 is 9.53 Å². The van der Waals surface area contributed by atoms with Crippen molar-refractivity contribution in [3.05, 3.63) is 58.2 Å². The topological polar surface area (TPSA) is 68.5 Å². The van der Waals surface area contributed by atoms with E-state index in [-0.39, 0.29) is 17.8 Å². The van der Waals surface area contributed by atoms with E-state index >= 15 is 0 Å². The Morgan fingerprint density at radius 3 is 2.83 bits per heavy atom. The average molecular weight is 346 g/mol. The summed E-state index contributed by atoms with van der Waals surface area (Å²) in [6.45, 7) is 3.68. The Morgan fingerprint density at radius 2 is 2.17 bits per heavy atom. The van der Waals surface area contributed by atoms with Crippen LogP contribution in [0.15, 0.2) is 36.5 Å². The average Bonchev–Trinajstić information content (AvgIpc) is 2.63. The predicted octanol–water partition coefficient (Wildman–Crippen LogP) is 3.09. The summed E-state index contributed by atoms with van der Waals surface area (Å²) in [4.78, 5) is 18.4. The first kappa shape index (κ1) is 16.7. The third-order valence-corrected chi connectivity index (χ3v) is 4.53. The minimum atomic E-state index is -0.120. The molecule has 0 bridgehead atoms. The van der Waals surface area contributed by atoms with Gasteiger partial charge in [0.15, 0.2) is 0 Å². The molecule has 0 saturated carbocycles. The van der Waals surface area contributed by atoms with E-state index in [0.717, 1.165) is 12.0 Å². The Kier molecular flexibility index (Phi) is 5.02. The minimum Gasteiger partial charge on any atom is -0.382 e. The highest BCUT2D eigenvalue weighted by atomic mass is 35.5. The molecule has 1 amide bonds. The molecule has 24 heavy (non-hydrogen) atoms. The van der Waals surface area contributed by atoms with Crippen molar-refractivity contribution in [3.63, 3.8) is 0 Å². The van der Waals surface area contributed by atoms with E-state index in [2.05, 4.69) is 36.2 Å². The molecule has 1 unspecified atom stereocenters. The van der Waals surface area contributed by atoms with Crippen molar-refractivity contribution >= 4 is 23.3 Å². The second-order valence-electron chi connectivity index (χ2n) is 5.80. The molecule has 0 aliphatic carbocycles. The maximum absolute atomic E-state index is 12.7. The Balaban J connectivity index is 1.74. The van der Waals surface area contributed by atoms with Gasteiger partial charge in [-0.05, 0) is 23.6 Å². The molecule has 126 valence electrons. The highest BCUT2D eigenvalue weighted by Crippen LogP contribution is 2.25. The fourth-order valence-electron chi connectivity index (χ4n) is 2.75. The van der Waals surface area contributed by atoms with Crippen LogP contribution in [0.4, 0.5) is 5.82 Å². The summed E-state index contributed by atoms with van der Waals surface area (Å²) in [5.74, 6) is 0.118. The van der Waals surface area contributed by atoms with Gasteiger partial charge < -0.3 is 15.4 Å². The van der Waals surface area contributed by atoms with E-state index < -0.39 is 0 Å². The number of nitrogens with two attached hydrogens (primary N) is 1. The zero-order valence-corrected chi connectivity index (χ0v) is 14.3. The van der Waals surface area contributed by atoms with Gasteiger partial charge >= 0.3 is 0 Å². The zero-order valence-electron chi connectivity index (χ0n) is 13.5. The van der Waals surface area contributed by atoms with Crippen LogP contribution in [-0.4, -0.2) is 35.5 Å². The van der Waals surface area contributed by atoms with Crippen LogP contribution in [0, 0.1) is 0 Å². The number of ether oxygens (including phenoxy) is 1. The molecule has 0 radical (unpaired) electrons. The van der Waals surface area contributed by atoms with E-state index in [0.29, 0.717) is 30.3 Å². The Bertz CT molecular complexity index is 734. The number of aryl methyl sites for hydroxylation is 1. The summed E-state index contributed by atoms with van der Waals surface area (Å²) >= 11 is 5.97. The van der Waals surface area contributed by atoms with Gasteiger partial charge in [0.1, 0.15) is 11.9 Å². The molecule has 1 aromatic heterocycles.